The first kappa shape index (κ1) is 23.6. The molecule has 34 heavy (non-hydrogen) atoms. The summed E-state index contributed by atoms with van der Waals surface area (Å²) in [5.74, 6) is -2.47. The molecule has 0 saturated carbocycles. The van der Waals surface area contributed by atoms with Gasteiger partial charge in [-0.2, -0.15) is 0 Å². The molecule has 3 aromatic rings. The van der Waals surface area contributed by atoms with E-state index < -0.39 is 59.6 Å². The largest absolute Gasteiger partial charge is 0.508 e. The van der Waals surface area contributed by atoms with Crippen molar-refractivity contribution in [3.05, 3.63) is 40.6 Å². The van der Waals surface area contributed by atoms with Crippen molar-refractivity contribution in [3.8, 4) is 40.1 Å². The minimum absolute atomic E-state index is 0.0519. The molecule has 1 aliphatic heterocycles. The van der Waals surface area contributed by atoms with Gasteiger partial charge in [-0.15, -0.1) is 0 Å². The van der Waals surface area contributed by atoms with E-state index in [1.807, 2.05) is 0 Å². The summed E-state index contributed by atoms with van der Waals surface area (Å²) in [5.41, 5.74) is -0.954. The van der Waals surface area contributed by atoms with E-state index in [0.29, 0.717) is 0 Å². The first-order chi connectivity index (χ1) is 16.2. The first-order valence-corrected chi connectivity index (χ1v) is 10.0. The summed E-state index contributed by atoms with van der Waals surface area (Å²) in [7, 11) is 1.16. The van der Waals surface area contributed by atoms with E-state index >= 15 is 0 Å². The standard InChI is InChI=1S/C22H22O12/c1-31-21-11(33-22-19(30)17(28)14(25)12(7-23)34-22)6-10-13(16(21)27)15(26)18(29)20(32-10)8-2-4-9(24)5-3-8/h2-6,12,14,17,19,22-25,27-30H,7H2,1H3/t12?,14-,17+,19?,22-/m1/s1. The summed E-state index contributed by atoms with van der Waals surface area (Å²) >= 11 is 0. The Hall–Kier alpha value is -3.55. The lowest BCUT2D eigenvalue weighted by molar-refractivity contribution is -0.277. The van der Waals surface area contributed by atoms with Gasteiger partial charge in [0, 0.05) is 11.6 Å². The van der Waals surface area contributed by atoms with Gasteiger partial charge in [0.05, 0.1) is 13.7 Å². The van der Waals surface area contributed by atoms with Crippen molar-refractivity contribution in [2.45, 2.75) is 30.7 Å². The smallest absolute Gasteiger partial charge is 0.238 e. The van der Waals surface area contributed by atoms with Gasteiger partial charge < -0.3 is 54.4 Å². The lowest BCUT2D eigenvalue weighted by Gasteiger charge is -2.39. The number of benzene rings is 2. The van der Waals surface area contributed by atoms with Crippen molar-refractivity contribution in [2.24, 2.45) is 0 Å². The molecule has 0 radical (unpaired) electrons. The highest BCUT2D eigenvalue weighted by Crippen LogP contribution is 2.44. The fourth-order valence-corrected chi connectivity index (χ4v) is 3.67. The summed E-state index contributed by atoms with van der Waals surface area (Å²) in [6.45, 7) is -0.685. The van der Waals surface area contributed by atoms with Crippen LogP contribution in [0.2, 0.25) is 0 Å². The van der Waals surface area contributed by atoms with Gasteiger partial charge in [-0.05, 0) is 24.3 Å². The number of hydrogen-bond donors (Lipinski definition) is 7. The Labute approximate surface area is 191 Å². The van der Waals surface area contributed by atoms with Crippen LogP contribution in [0.1, 0.15) is 0 Å². The first-order valence-electron chi connectivity index (χ1n) is 10.0. The number of hydrogen-bond acceptors (Lipinski definition) is 12. The van der Waals surface area contributed by atoms with Crippen molar-refractivity contribution in [1.29, 1.82) is 0 Å². The molecule has 0 aliphatic carbocycles. The van der Waals surface area contributed by atoms with Gasteiger partial charge >= 0.3 is 0 Å². The van der Waals surface area contributed by atoms with Crippen LogP contribution in [0.3, 0.4) is 0 Å². The maximum Gasteiger partial charge on any atom is 0.238 e. The second-order valence-electron chi connectivity index (χ2n) is 7.60. The van der Waals surface area contributed by atoms with E-state index in [-0.39, 0.29) is 34.2 Å². The van der Waals surface area contributed by atoms with Gasteiger partial charge in [0.15, 0.2) is 17.3 Å². The maximum atomic E-state index is 12.8. The van der Waals surface area contributed by atoms with Crippen molar-refractivity contribution in [3.63, 3.8) is 0 Å². The molecule has 1 fully saturated rings. The van der Waals surface area contributed by atoms with Gasteiger partial charge in [0.1, 0.15) is 41.1 Å². The summed E-state index contributed by atoms with van der Waals surface area (Å²) < 4.78 is 21.6. The van der Waals surface area contributed by atoms with Gasteiger partial charge in [-0.1, -0.05) is 0 Å². The normalized spacial score (nSPS) is 24.8. The van der Waals surface area contributed by atoms with Crippen molar-refractivity contribution >= 4 is 11.0 Å². The number of ether oxygens (including phenoxy) is 3. The molecule has 0 amide bonds. The zero-order valence-corrected chi connectivity index (χ0v) is 17.7. The number of phenols is 2. The molecule has 182 valence electrons. The van der Waals surface area contributed by atoms with Crippen LogP contribution in [0.4, 0.5) is 0 Å². The zero-order chi connectivity index (χ0) is 24.7. The molecule has 7 N–H and O–H groups in total. The minimum Gasteiger partial charge on any atom is -0.508 e. The number of aliphatic hydroxyl groups excluding tert-OH is 4. The molecule has 2 unspecified atom stereocenters. The van der Waals surface area contributed by atoms with Crippen LogP contribution < -0.4 is 14.9 Å². The van der Waals surface area contributed by atoms with Crippen LogP contribution in [-0.4, -0.2) is 80.2 Å². The monoisotopic (exact) mass is 478 g/mol. The quantitative estimate of drug-likeness (QED) is 0.254. The zero-order valence-electron chi connectivity index (χ0n) is 17.7. The molecule has 5 atom stereocenters. The molecule has 0 bridgehead atoms. The van der Waals surface area contributed by atoms with Gasteiger partial charge in [0.2, 0.25) is 23.2 Å². The maximum absolute atomic E-state index is 12.8. The summed E-state index contributed by atoms with van der Waals surface area (Å²) in [6, 6.07) is 6.57. The molecule has 0 spiro atoms. The van der Waals surface area contributed by atoms with Gasteiger partial charge in [-0.3, -0.25) is 4.79 Å². The van der Waals surface area contributed by atoms with E-state index in [1.165, 1.54) is 24.3 Å². The van der Waals surface area contributed by atoms with E-state index in [2.05, 4.69) is 0 Å². The highest BCUT2D eigenvalue weighted by atomic mass is 16.7. The second kappa shape index (κ2) is 9.00. The number of phenolic OH excluding ortho intramolecular Hbond substituents is 2. The average molecular weight is 478 g/mol. The number of rotatable bonds is 5. The molecule has 1 aliphatic rings. The third-order valence-electron chi connectivity index (χ3n) is 5.48. The molecule has 2 heterocycles. The predicted molar refractivity (Wildman–Crippen MR) is 114 cm³/mol. The lowest BCUT2D eigenvalue weighted by atomic mass is 9.99. The Bertz CT molecular complexity index is 1250. The molecule has 1 saturated heterocycles. The fraction of sp³-hybridized carbons (Fsp3) is 0.318. The molecule has 1 aromatic heterocycles. The second-order valence-corrected chi connectivity index (χ2v) is 7.60. The van der Waals surface area contributed by atoms with Crippen LogP contribution in [0.5, 0.6) is 28.7 Å². The third-order valence-corrected chi connectivity index (χ3v) is 5.48. The topological polar surface area (TPSA) is 200 Å². The highest BCUT2D eigenvalue weighted by Gasteiger charge is 2.45. The Balaban J connectivity index is 1.83. The van der Waals surface area contributed by atoms with Gasteiger partial charge in [-0.25, -0.2) is 0 Å². The van der Waals surface area contributed by atoms with Crippen molar-refractivity contribution in [2.75, 3.05) is 13.7 Å². The Kier molecular flexibility index (Phi) is 6.25. The highest BCUT2D eigenvalue weighted by molar-refractivity contribution is 5.91. The van der Waals surface area contributed by atoms with Crippen LogP contribution >= 0.6 is 0 Å². The fourth-order valence-electron chi connectivity index (χ4n) is 3.67. The number of fused-ring (bicyclic) bond motifs is 1. The predicted octanol–water partition coefficient (Wildman–Crippen LogP) is -0.236. The number of aromatic hydroxyl groups is 3. The van der Waals surface area contributed by atoms with E-state index in [0.717, 1.165) is 13.2 Å². The van der Waals surface area contributed by atoms with Crippen LogP contribution in [0.25, 0.3) is 22.3 Å². The molecular weight excluding hydrogens is 456 g/mol. The summed E-state index contributed by atoms with van der Waals surface area (Å²) in [4.78, 5) is 12.8. The molecule has 12 nitrogen and oxygen atoms in total. The van der Waals surface area contributed by atoms with Crippen LogP contribution in [0, 0.1) is 0 Å². The Morgan fingerprint density at radius 3 is 2.26 bits per heavy atom. The Morgan fingerprint density at radius 1 is 0.971 bits per heavy atom. The molecule has 2 aromatic carbocycles. The SMILES string of the molecule is COc1c(O[C@@H]2OC(CO)[C@@H](O)[C@H](O)C2O)cc2oc(-c3ccc(O)cc3)c(O)c(=O)c2c1O. The summed E-state index contributed by atoms with van der Waals surface area (Å²) in [5, 5.41) is 69.7. The van der Waals surface area contributed by atoms with E-state index in [9.17, 15) is 40.5 Å². The van der Waals surface area contributed by atoms with Crippen molar-refractivity contribution < 1.29 is 54.4 Å². The van der Waals surface area contributed by atoms with Gasteiger partial charge in [0.25, 0.3) is 0 Å². The molecule has 4 rings (SSSR count). The minimum atomic E-state index is -1.75. The number of aliphatic hydroxyl groups is 4. The van der Waals surface area contributed by atoms with Crippen molar-refractivity contribution in [1.82, 2.24) is 0 Å². The molecular formula is C22H22O12. The Morgan fingerprint density at radius 2 is 1.65 bits per heavy atom. The lowest BCUT2D eigenvalue weighted by Crippen LogP contribution is -2.60. The third kappa shape index (κ3) is 3.87. The van der Waals surface area contributed by atoms with Crippen LogP contribution in [0.15, 0.2) is 39.5 Å². The summed E-state index contributed by atoms with van der Waals surface area (Å²) in [6.07, 6.45) is -7.94. The molecule has 12 heteroatoms. The van der Waals surface area contributed by atoms with Crippen LogP contribution in [-0.2, 0) is 4.74 Å². The van der Waals surface area contributed by atoms with E-state index in [1.54, 1.807) is 0 Å². The number of methoxy groups -OCH3 is 1. The average Bonchev–Trinajstić information content (AvgIpc) is 2.82. The van der Waals surface area contributed by atoms with E-state index in [4.69, 9.17) is 18.6 Å².